The Morgan fingerprint density at radius 3 is 2.54 bits per heavy atom. The third-order valence-electron chi connectivity index (χ3n) is 4.01. The van der Waals surface area contributed by atoms with Crippen LogP contribution in [0.4, 0.5) is 17.2 Å². The third kappa shape index (κ3) is 3.66. The van der Waals surface area contributed by atoms with Crippen molar-refractivity contribution in [3.63, 3.8) is 0 Å². The van der Waals surface area contributed by atoms with E-state index in [1.54, 1.807) is 12.1 Å². The number of hydrogen-bond acceptors (Lipinski definition) is 9. The smallest absolute Gasteiger partial charge is 0.269 e. The van der Waals surface area contributed by atoms with Crippen LogP contribution in [0.3, 0.4) is 0 Å². The maximum Gasteiger partial charge on any atom is 0.269 e. The molecular weight excluding hydrogens is 342 g/mol. The second-order valence-electron chi connectivity index (χ2n) is 5.58. The van der Waals surface area contributed by atoms with Crippen LogP contribution in [0.25, 0.3) is 0 Å². The van der Waals surface area contributed by atoms with Gasteiger partial charge >= 0.3 is 0 Å². The molecule has 138 valence electrons. The highest BCUT2D eigenvalue weighted by Crippen LogP contribution is 2.21. The minimum Gasteiger partial charge on any atom is -0.394 e. The van der Waals surface area contributed by atoms with Crippen LogP contribution < -0.4 is 10.6 Å². The van der Waals surface area contributed by atoms with E-state index in [-0.39, 0.29) is 11.5 Å². The van der Waals surface area contributed by atoms with Gasteiger partial charge in [0, 0.05) is 44.0 Å². The highest BCUT2D eigenvalue weighted by molar-refractivity contribution is 6.00. The maximum atomic E-state index is 10.8. The summed E-state index contributed by atoms with van der Waals surface area (Å²) < 4.78 is 4.66. The minimum absolute atomic E-state index is 0.0764. The molecule has 11 heteroatoms. The van der Waals surface area contributed by atoms with E-state index in [1.165, 1.54) is 12.1 Å². The van der Waals surface area contributed by atoms with Crippen molar-refractivity contribution in [1.29, 1.82) is 0 Å². The summed E-state index contributed by atoms with van der Waals surface area (Å²) in [7, 11) is 0. The Kier molecular flexibility index (Phi) is 5.15. The van der Waals surface area contributed by atoms with Gasteiger partial charge in [0.05, 0.1) is 4.92 Å². The molecule has 2 heterocycles. The Morgan fingerprint density at radius 1 is 1.31 bits per heavy atom. The molecule has 26 heavy (non-hydrogen) atoms. The molecule has 1 aliphatic heterocycles. The van der Waals surface area contributed by atoms with E-state index in [0.717, 1.165) is 5.69 Å². The van der Waals surface area contributed by atoms with Crippen molar-refractivity contribution in [2.45, 2.75) is 6.92 Å². The number of benzene rings is 1. The topological polar surface area (TPSA) is 136 Å². The van der Waals surface area contributed by atoms with E-state index in [4.69, 9.17) is 10.6 Å². The van der Waals surface area contributed by atoms with Gasteiger partial charge in [-0.15, -0.1) is 0 Å². The number of nitrogens with zero attached hydrogens (tertiary/aromatic N) is 6. The van der Waals surface area contributed by atoms with E-state index in [2.05, 4.69) is 25.0 Å². The number of amidine groups is 1. The second kappa shape index (κ2) is 7.68. The number of aromatic nitrogens is 2. The lowest BCUT2D eigenvalue weighted by Crippen LogP contribution is -2.49. The molecule has 1 aromatic heterocycles. The normalized spacial score (nSPS) is 15.2. The molecule has 0 amide bonds. The zero-order chi connectivity index (χ0) is 18.5. The van der Waals surface area contributed by atoms with Crippen LogP contribution >= 0.6 is 0 Å². The number of non-ortho nitro benzene ring substituents is 1. The van der Waals surface area contributed by atoms with Crippen molar-refractivity contribution in [3.05, 3.63) is 40.1 Å². The predicted octanol–water partition coefficient (Wildman–Crippen LogP) is 1.08. The fraction of sp³-hybridized carbons (Fsp3) is 0.400. The molecule has 1 aliphatic rings. The molecule has 0 unspecified atom stereocenters. The standard InChI is InChI=1S/C15H19N7O4/c1-2-25-19-15(13-14(16)18-26-17-13)21-9-7-20(8-10-21)11-3-5-12(6-4-11)22(23)24/h3-6H,2,7-10H2,1H3,(H2,16,18). The van der Waals surface area contributed by atoms with E-state index in [1.807, 2.05) is 11.8 Å². The van der Waals surface area contributed by atoms with Crippen LogP contribution in [0, 0.1) is 10.1 Å². The molecule has 2 aromatic rings. The number of hydrogen-bond donors (Lipinski definition) is 1. The first-order valence-electron chi connectivity index (χ1n) is 8.13. The summed E-state index contributed by atoms with van der Waals surface area (Å²) in [4.78, 5) is 19.7. The van der Waals surface area contributed by atoms with E-state index < -0.39 is 4.92 Å². The molecule has 0 aliphatic carbocycles. The lowest BCUT2D eigenvalue weighted by atomic mass is 10.2. The summed E-state index contributed by atoms with van der Waals surface area (Å²) in [6, 6.07) is 6.52. The Balaban J connectivity index is 1.70. The van der Waals surface area contributed by atoms with Crippen molar-refractivity contribution >= 4 is 23.0 Å². The van der Waals surface area contributed by atoms with Crippen molar-refractivity contribution in [2.24, 2.45) is 5.16 Å². The quantitative estimate of drug-likeness (QED) is 0.359. The Bertz CT molecular complexity index is 782. The summed E-state index contributed by atoms with van der Waals surface area (Å²) in [6.07, 6.45) is 0. The number of nitro groups is 1. The summed E-state index contributed by atoms with van der Waals surface area (Å²) in [6.45, 7) is 4.95. The number of nitrogens with two attached hydrogens (primary N) is 1. The van der Waals surface area contributed by atoms with Crippen LogP contribution in [0.5, 0.6) is 0 Å². The molecule has 0 radical (unpaired) electrons. The molecule has 0 bridgehead atoms. The Labute approximate surface area is 149 Å². The van der Waals surface area contributed by atoms with Crippen LogP contribution in [0.1, 0.15) is 12.6 Å². The van der Waals surface area contributed by atoms with Gasteiger partial charge in [-0.05, 0) is 29.4 Å². The lowest BCUT2D eigenvalue weighted by Gasteiger charge is -2.36. The molecule has 3 rings (SSSR count). The first-order chi connectivity index (χ1) is 12.6. The van der Waals surface area contributed by atoms with Gasteiger partial charge < -0.3 is 20.4 Å². The van der Waals surface area contributed by atoms with Crippen LogP contribution in [0.2, 0.25) is 0 Å². The van der Waals surface area contributed by atoms with Gasteiger partial charge in [0.2, 0.25) is 5.84 Å². The fourth-order valence-electron chi connectivity index (χ4n) is 2.69. The third-order valence-corrected chi connectivity index (χ3v) is 4.01. The fourth-order valence-corrected chi connectivity index (χ4v) is 2.69. The summed E-state index contributed by atoms with van der Waals surface area (Å²) in [5.74, 6) is 0.634. The molecule has 1 aromatic carbocycles. The summed E-state index contributed by atoms with van der Waals surface area (Å²) in [5.41, 5.74) is 7.14. The SMILES string of the molecule is CCON=C(c1nonc1N)N1CCN(c2ccc([N+](=O)[O-])cc2)CC1. The molecule has 2 N–H and O–H groups in total. The van der Waals surface area contributed by atoms with E-state index >= 15 is 0 Å². The van der Waals surface area contributed by atoms with Crippen LogP contribution in [-0.2, 0) is 4.84 Å². The number of anilines is 2. The number of nitrogen functional groups attached to an aromatic ring is 1. The Hall–Kier alpha value is -3.37. The molecule has 1 saturated heterocycles. The molecule has 0 saturated carbocycles. The minimum atomic E-state index is -0.408. The average molecular weight is 361 g/mol. The van der Waals surface area contributed by atoms with Crippen LogP contribution in [-0.4, -0.2) is 58.8 Å². The first-order valence-corrected chi connectivity index (χ1v) is 8.13. The summed E-state index contributed by atoms with van der Waals surface area (Å²) >= 11 is 0. The van der Waals surface area contributed by atoms with Gasteiger partial charge in [-0.25, -0.2) is 4.63 Å². The van der Waals surface area contributed by atoms with Gasteiger partial charge in [-0.3, -0.25) is 10.1 Å². The largest absolute Gasteiger partial charge is 0.394 e. The second-order valence-corrected chi connectivity index (χ2v) is 5.58. The number of oxime groups is 1. The van der Waals surface area contributed by atoms with Gasteiger partial charge in [-0.2, -0.15) is 0 Å². The van der Waals surface area contributed by atoms with Crippen molar-refractivity contribution in [2.75, 3.05) is 43.4 Å². The van der Waals surface area contributed by atoms with Gasteiger partial charge in [0.15, 0.2) is 11.5 Å². The van der Waals surface area contributed by atoms with Gasteiger partial charge in [0.1, 0.15) is 6.61 Å². The molecule has 11 nitrogen and oxygen atoms in total. The number of nitro benzene ring substituents is 1. The molecule has 0 spiro atoms. The molecular formula is C15H19N7O4. The maximum absolute atomic E-state index is 10.8. The molecule has 1 fully saturated rings. The first kappa shape index (κ1) is 17.5. The number of rotatable bonds is 5. The highest BCUT2D eigenvalue weighted by Gasteiger charge is 2.26. The highest BCUT2D eigenvalue weighted by atomic mass is 16.6. The van der Waals surface area contributed by atoms with E-state index in [9.17, 15) is 10.1 Å². The van der Waals surface area contributed by atoms with Crippen molar-refractivity contribution in [1.82, 2.24) is 15.2 Å². The van der Waals surface area contributed by atoms with E-state index in [0.29, 0.717) is 44.3 Å². The zero-order valence-corrected chi connectivity index (χ0v) is 14.2. The zero-order valence-electron chi connectivity index (χ0n) is 14.2. The predicted molar refractivity (Wildman–Crippen MR) is 93.8 cm³/mol. The van der Waals surface area contributed by atoms with Gasteiger partial charge in [-0.1, -0.05) is 5.16 Å². The van der Waals surface area contributed by atoms with Crippen molar-refractivity contribution in [3.8, 4) is 0 Å². The summed E-state index contributed by atoms with van der Waals surface area (Å²) in [5, 5.41) is 22.3. The Morgan fingerprint density at radius 2 is 2.00 bits per heavy atom. The van der Waals surface area contributed by atoms with Crippen LogP contribution in [0.15, 0.2) is 34.1 Å². The lowest BCUT2D eigenvalue weighted by molar-refractivity contribution is -0.384. The molecule has 0 atom stereocenters. The van der Waals surface area contributed by atoms with Gasteiger partial charge in [0.25, 0.3) is 5.69 Å². The monoisotopic (exact) mass is 361 g/mol. The van der Waals surface area contributed by atoms with Crippen molar-refractivity contribution < 1.29 is 14.4 Å². The number of piperazine rings is 1. The average Bonchev–Trinajstić information content (AvgIpc) is 3.08.